The standard InChI is InChI=1S/C18H19N3O2S/c1-2-23-14-7-5-13(6-8-14)16-12-17(21-20-16)18(22)19-10-9-15-4-3-11-24-15/h3-8,11-12H,2,9-10H2,1H3,(H,19,22)(H,20,21). The molecule has 2 N–H and O–H groups in total. The van der Waals surface area contributed by atoms with Gasteiger partial charge in [0.2, 0.25) is 0 Å². The minimum Gasteiger partial charge on any atom is -0.494 e. The number of carbonyl (C=O) groups is 1. The maximum Gasteiger partial charge on any atom is 0.269 e. The fourth-order valence-corrected chi connectivity index (χ4v) is 3.03. The van der Waals surface area contributed by atoms with E-state index in [0.717, 1.165) is 23.4 Å². The van der Waals surface area contributed by atoms with Crippen molar-refractivity contribution in [1.29, 1.82) is 0 Å². The van der Waals surface area contributed by atoms with Crippen LogP contribution >= 0.6 is 11.3 Å². The van der Waals surface area contributed by atoms with Crippen molar-refractivity contribution < 1.29 is 9.53 Å². The number of nitrogens with zero attached hydrogens (tertiary/aromatic N) is 1. The summed E-state index contributed by atoms with van der Waals surface area (Å²) < 4.78 is 5.42. The number of nitrogens with one attached hydrogen (secondary N) is 2. The van der Waals surface area contributed by atoms with E-state index in [1.165, 1.54) is 4.88 Å². The van der Waals surface area contributed by atoms with Crippen LogP contribution in [0.25, 0.3) is 11.3 Å². The van der Waals surface area contributed by atoms with Crippen molar-refractivity contribution in [3.63, 3.8) is 0 Å². The van der Waals surface area contributed by atoms with Crippen molar-refractivity contribution >= 4 is 17.2 Å². The van der Waals surface area contributed by atoms with Crippen LogP contribution < -0.4 is 10.1 Å². The quantitative estimate of drug-likeness (QED) is 0.691. The number of carbonyl (C=O) groups excluding carboxylic acids is 1. The van der Waals surface area contributed by atoms with Crippen molar-refractivity contribution in [1.82, 2.24) is 15.5 Å². The van der Waals surface area contributed by atoms with Crippen LogP contribution in [-0.4, -0.2) is 29.3 Å². The van der Waals surface area contributed by atoms with E-state index in [2.05, 4.69) is 21.6 Å². The van der Waals surface area contributed by atoms with Gasteiger partial charge in [-0.1, -0.05) is 6.07 Å². The average Bonchev–Trinajstić information content (AvgIpc) is 3.27. The predicted octanol–water partition coefficient (Wildman–Crippen LogP) is 3.51. The highest BCUT2D eigenvalue weighted by molar-refractivity contribution is 7.09. The minimum atomic E-state index is -0.142. The molecule has 0 fully saturated rings. The first kappa shape index (κ1) is 16.3. The average molecular weight is 341 g/mol. The van der Waals surface area contributed by atoms with E-state index in [9.17, 15) is 4.79 Å². The van der Waals surface area contributed by atoms with Crippen molar-refractivity contribution in [3.05, 3.63) is 58.4 Å². The summed E-state index contributed by atoms with van der Waals surface area (Å²) in [5.74, 6) is 0.680. The number of H-pyrrole nitrogens is 1. The van der Waals surface area contributed by atoms with Gasteiger partial charge in [0.1, 0.15) is 11.4 Å². The van der Waals surface area contributed by atoms with Crippen LogP contribution in [0.2, 0.25) is 0 Å². The molecule has 0 radical (unpaired) electrons. The third-order valence-corrected chi connectivity index (χ3v) is 4.46. The Kier molecular flexibility index (Phi) is 5.28. The summed E-state index contributed by atoms with van der Waals surface area (Å²) >= 11 is 1.69. The van der Waals surface area contributed by atoms with E-state index in [0.29, 0.717) is 18.8 Å². The monoisotopic (exact) mass is 341 g/mol. The van der Waals surface area contributed by atoms with Crippen LogP contribution in [-0.2, 0) is 6.42 Å². The third kappa shape index (κ3) is 4.02. The van der Waals surface area contributed by atoms with Crippen molar-refractivity contribution in [3.8, 4) is 17.0 Å². The minimum absolute atomic E-state index is 0.142. The Morgan fingerprint density at radius 3 is 2.83 bits per heavy atom. The highest BCUT2D eigenvalue weighted by atomic mass is 32.1. The number of thiophene rings is 1. The Morgan fingerprint density at radius 2 is 2.12 bits per heavy atom. The predicted molar refractivity (Wildman–Crippen MR) is 95.5 cm³/mol. The molecule has 0 spiro atoms. The van der Waals surface area contributed by atoms with Gasteiger partial charge in [-0.25, -0.2) is 0 Å². The Bertz CT molecular complexity index is 779. The fraction of sp³-hybridized carbons (Fsp3) is 0.222. The molecule has 1 amide bonds. The maximum atomic E-state index is 12.2. The summed E-state index contributed by atoms with van der Waals surface area (Å²) in [6.07, 6.45) is 0.837. The van der Waals surface area contributed by atoms with Gasteiger partial charge in [-0.05, 0) is 55.1 Å². The van der Waals surface area contributed by atoms with Gasteiger partial charge in [0.15, 0.2) is 0 Å². The van der Waals surface area contributed by atoms with Crippen LogP contribution in [0.5, 0.6) is 5.75 Å². The Morgan fingerprint density at radius 1 is 1.29 bits per heavy atom. The van der Waals surface area contributed by atoms with Gasteiger partial charge in [0.25, 0.3) is 5.91 Å². The molecule has 24 heavy (non-hydrogen) atoms. The highest BCUT2D eigenvalue weighted by Gasteiger charge is 2.11. The molecule has 2 heterocycles. The molecule has 0 aliphatic rings. The second-order valence-electron chi connectivity index (χ2n) is 5.21. The molecule has 5 nitrogen and oxygen atoms in total. The SMILES string of the molecule is CCOc1ccc(-c2cc(C(=O)NCCc3cccs3)[nH]n2)cc1. The number of hydrogen-bond acceptors (Lipinski definition) is 4. The molecule has 0 saturated heterocycles. The Balaban J connectivity index is 1.58. The first-order valence-corrected chi connectivity index (χ1v) is 8.73. The van der Waals surface area contributed by atoms with Crippen LogP contribution in [0, 0.1) is 0 Å². The van der Waals surface area contributed by atoms with Crippen LogP contribution in [0.15, 0.2) is 47.8 Å². The molecule has 6 heteroatoms. The number of benzene rings is 1. The number of amides is 1. The van der Waals surface area contributed by atoms with E-state index >= 15 is 0 Å². The van der Waals surface area contributed by atoms with Crippen molar-refractivity contribution in [2.24, 2.45) is 0 Å². The highest BCUT2D eigenvalue weighted by Crippen LogP contribution is 2.21. The molecule has 0 aliphatic carbocycles. The first-order valence-electron chi connectivity index (χ1n) is 7.85. The summed E-state index contributed by atoms with van der Waals surface area (Å²) in [6.45, 7) is 3.19. The van der Waals surface area contributed by atoms with Crippen molar-refractivity contribution in [2.75, 3.05) is 13.2 Å². The zero-order valence-corrected chi connectivity index (χ0v) is 14.2. The number of ether oxygens (including phenoxy) is 1. The maximum absolute atomic E-state index is 12.2. The molecule has 1 aromatic carbocycles. The van der Waals surface area contributed by atoms with Gasteiger partial charge in [-0.2, -0.15) is 5.10 Å². The van der Waals surface area contributed by atoms with E-state index in [1.54, 1.807) is 17.4 Å². The van der Waals surface area contributed by atoms with E-state index < -0.39 is 0 Å². The van der Waals surface area contributed by atoms with Gasteiger partial charge in [-0.15, -0.1) is 11.3 Å². The molecule has 2 aromatic heterocycles. The van der Waals surface area contributed by atoms with Gasteiger partial charge in [0, 0.05) is 17.0 Å². The third-order valence-electron chi connectivity index (χ3n) is 3.52. The number of aromatic nitrogens is 2. The number of rotatable bonds is 7. The van der Waals surface area contributed by atoms with Crippen LogP contribution in [0.1, 0.15) is 22.3 Å². The lowest BCUT2D eigenvalue weighted by atomic mass is 10.1. The molecule has 0 atom stereocenters. The molecular formula is C18H19N3O2S. The molecule has 0 bridgehead atoms. The lowest BCUT2D eigenvalue weighted by molar-refractivity contribution is 0.0949. The molecule has 124 valence electrons. The Hall–Kier alpha value is -2.60. The topological polar surface area (TPSA) is 67.0 Å². The van der Waals surface area contributed by atoms with E-state index in [-0.39, 0.29) is 5.91 Å². The summed E-state index contributed by atoms with van der Waals surface area (Å²) in [5.41, 5.74) is 2.14. The molecule has 0 saturated carbocycles. The molecule has 0 aliphatic heterocycles. The lowest BCUT2D eigenvalue weighted by Gasteiger charge is -2.03. The fourth-order valence-electron chi connectivity index (χ4n) is 2.32. The summed E-state index contributed by atoms with van der Waals surface area (Å²) in [7, 11) is 0. The zero-order chi connectivity index (χ0) is 16.8. The largest absolute Gasteiger partial charge is 0.494 e. The summed E-state index contributed by atoms with van der Waals surface area (Å²) in [6, 6.07) is 13.5. The molecule has 3 aromatic rings. The van der Waals surface area contributed by atoms with Crippen molar-refractivity contribution in [2.45, 2.75) is 13.3 Å². The Labute approximate surface area is 144 Å². The molecular weight excluding hydrogens is 322 g/mol. The van der Waals surface area contributed by atoms with Gasteiger partial charge >= 0.3 is 0 Å². The molecule has 3 rings (SSSR count). The second-order valence-corrected chi connectivity index (χ2v) is 6.24. The van der Waals surface area contributed by atoms with E-state index in [1.807, 2.05) is 42.6 Å². The number of hydrogen-bond donors (Lipinski definition) is 2. The smallest absolute Gasteiger partial charge is 0.269 e. The lowest BCUT2D eigenvalue weighted by Crippen LogP contribution is -2.25. The van der Waals surface area contributed by atoms with Gasteiger partial charge in [0.05, 0.1) is 12.3 Å². The van der Waals surface area contributed by atoms with Crippen LogP contribution in [0.4, 0.5) is 0 Å². The summed E-state index contributed by atoms with van der Waals surface area (Å²) in [4.78, 5) is 13.4. The summed E-state index contributed by atoms with van der Waals surface area (Å²) in [5, 5.41) is 12.0. The zero-order valence-electron chi connectivity index (χ0n) is 13.4. The molecule has 0 unspecified atom stereocenters. The van der Waals surface area contributed by atoms with E-state index in [4.69, 9.17) is 4.74 Å². The first-order chi connectivity index (χ1) is 11.8. The normalized spacial score (nSPS) is 10.5. The second kappa shape index (κ2) is 7.79. The number of aromatic amines is 1. The van der Waals surface area contributed by atoms with Crippen LogP contribution in [0.3, 0.4) is 0 Å². The van der Waals surface area contributed by atoms with Gasteiger partial charge < -0.3 is 10.1 Å². The van der Waals surface area contributed by atoms with Gasteiger partial charge in [-0.3, -0.25) is 9.89 Å².